The molecule has 1 saturated heterocycles. The van der Waals surface area contributed by atoms with Crippen LogP contribution in [0.2, 0.25) is 0 Å². The lowest BCUT2D eigenvalue weighted by atomic mass is 9.93. The Morgan fingerprint density at radius 3 is 2.53 bits per heavy atom. The average molecular weight is 238 g/mol. The van der Waals surface area contributed by atoms with Gasteiger partial charge in [-0.15, -0.1) is 0 Å². The van der Waals surface area contributed by atoms with Crippen molar-refractivity contribution >= 4 is 0 Å². The third kappa shape index (κ3) is 5.69. The Labute approximate surface area is 107 Å². The molecular formula is C15H30N2. The molecule has 0 aromatic carbocycles. The predicted molar refractivity (Wildman–Crippen MR) is 76.3 cm³/mol. The fourth-order valence-electron chi connectivity index (χ4n) is 2.42. The second-order valence-electron chi connectivity index (χ2n) is 6.80. The maximum atomic E-state index is 4.20. The van der Waals surface area contributed by atoms with Gasteiger partial charge in [0, 0.05) is 24.7 Å². The van der Waals surface area contributed by atoms with Crippen LogP contribution in [-0.2, 0) is 0 Å². The van der Waals surface area contributed by atoms with E-state index in [2.05, 4.69) is 51.4 Å². The molecule has 0 spiro atoms. The minimum Gasteiger partial charge on any atom is -0.308 e. The minimum atomic E-state index is 0.185. The van der Waals surface area contributed by atoms with Crippen molar-refractivity contribution < 1.29 is 0 Å². The van der Waals surface area contributed by atoms with Gasteiger partial charge in [-0.05, 0) is 58.6 Å². The maximum absolute atomic E-state index is 4.20. The first kappa shape index (κ1) is 14.7. The van der Waals surface area contributed by atoms with E-state index in [1.54, 1.807) is 0 Å². The van der Waals surface area contributed by atoms with Crippen LogP contribution < -0.4 is 5.32 Å². The summed E-state index contributed by atoms with van der Waals surface area (Å²) in [6.45, 7) is 18.7. The third-order valence-electron chi connectivity index (χ3n) is 3.57. The molecule has 0 saturated carbocycles. The molecular weight excluding hydrogens is 208 g/mol. The summed E-state index contributed by atoms with van der Waals surface area (Å²) in [4.78, 5) is 2.58. The molecule has 0 bridgehead atoms. The summed E-state index contributed by atoms with van der Waals surface area (Å²) < 4.78 is 0. The molecule has 0 aromatic heterocycles. The quantitative estimate of drug-likeness (QED) is 0.757. The van der Waals surface area contributed by atoms with Crippen molar-refractivity contribution in [2.45, 2.75) is 59.0 Å². The van der Waals surface area contributed by atoms with Crippen molar-refractivity contribution in [3.8, 4) is 0 Å². The van der Waals surface area contributed by atoms with Crippen LogP contribution in [0.3, 0.4) is 0 Å². The van der Waals surface area contributed by atoms with Crippen LogP contribution in [0.5, 0.6) is 0 Å². The number of nitrogens with one attached hydrogen (secondary N) is 1. The smallest absolute Gasteiger partial charge is 0.0205 e. The van der Waals surface area contributed by atoms with Gasteiger partial charge in [0.2, 0.25) is 0 Å². The molecule has 0 amide bonds. The fourth-order valence-corrected chi connectivity index (χ4v) is 2.42. The second-order valence-corrected chi connectivity index (χ2v) is 6.80. The molecule has 0 radical (unpaired) electrons. The number of hydrogen-bond acceptors (Lipinski definition) is 2. The van der Waals surface area contributed by atoms with Crippen LogP contribution in [0.1, 0.15) is 47.5 Å². The van der Waals surface area contributed by atoms with Gasteiger partial charge in [-0.1, -0.05) is 13.5 Å². The molecule has 0 aromatic rings. The molecule has 1 N–H and O–H groups in total. The van der Waals surface area contributed by atoms with Gasteiger partial charge in [0.25, 0.3) is 0 Å². The zero-order chi connectivity index (χ0) is 13.1. The number of piperidine rings is 1. The summed E-state index contributed by atoms with van der Waals surface area (Å²) in [5.74, 6) is 0.891. The maximum Gasteiger partial charge on any atom is 0.0205 e. The van der Waals surface area contributed by atoms with Crippen molar-refractivity contribution in [1.29, 1.82) is 0 Å². The first-order chi connectivity index (χ1) is 7.78. The lowest BCUT2D eigenvalue weighted by Gasteiger charge is -2.37. The van der Waals surface area contributed by atoms with Gasteiger partial charge in [-0.25, -0.2) is 0 Å². The van der Waals surface area contributed by atoms with Gasteiger partial charge in [-0.2, -0.15) is 0 Å². The molecule has 1 heterocycles. The van der Waals surface area contributed by atoms with Crippen LogP contribution in [0.4, 0.5) is 0 Å². The molecule has 0 aliphatic carbocycles. The molecule has 2 unspecified atom stereocenters. The molecule has 1 rings (SSSR count). The summed E-state index contributed by atoms with van der Waals surface area (Å²) >= 11 is 0. The lowest BCUT2D eigenvalue weighted by molar-refractivity contribution is 0.140. The summed E-state index contributed by atoms with van der Waals surface area (Å²) in [7, 11) is 0. The molecule has 1 aliphatic heterocycles. The molecule has 100 valence electrons. The number of likely N-dealkylation sites (tertiary alicyclic amines) is 1. The van der Waals surface area contributed by atoms with Gasteiger partial charge >= 0.3 is 0 Å². The molecule has 2 atom stereocenters. The highest BCUT2D eigenvalue weighted by Gasteiger charge is 2.23. The van der Waals surface area contributed by atoms with E-state index >= 15 is 0 Å². The second kappa shape index (κ2) is 6.01. The minimum absolute atomic E-state index is 0.185. The van der Waals surface area contributed by atoms with E-state index in [0.29, 0.717) is 6.04 Å². The van der Waals surface area contributed by atoms with Crippen LogP contribution in [0.25, 0.3) is 0 Å². The van der Waals surface area contributed by atoms with Gasteiger partial charge in [0.1, 0.15) is 0 Å². The SMILES string of the molecule is C=C(CNC(C)(C)C)CN1CCC(C)CC1C. The Morgan fingerprint density at radius 1 is 1.35 bits per heavy atom. The van der Waals surface area contributed by atoms with Crippen LogP contribution in [0.15, 0.2) is 12.2 Å². The summed E-state index contributed by atoms with van der Waals surface area (Å²) in [5.41, 5.74) is 1.49. The largest absolute Gasteiger partial charge is 0.308 e. The van der Waals surface area contributed by atoms with Crippen molar-refractivity contribution in [3.63, 3.8) is 0 Å². The summed E-state index contributed by atoms with van der Waals surface area (Å²) in [5, 5.41) is 3.51. The van der Waals surface area contributed by atoms with Gasteiger partial charge < -0.3 is 5.32 Å². The van der Waals surface area contributed by atoms with Gasteiger partial charge in [-0.3, -0.25) is 4.90 Å². The zero-order valence-electron chi connectivity index (χ0n) is 12.3. The van der Waals surface area contributed by atoms with E-state index in [1.165, 1.54) is 25.0 Å². The van der Waals surface area contributed by atoms with Crippen LogP contribution in [-0.4, -0.2) is 36.1 Å². The highest BCUT2D eigenvalue weighted by atomic mass is 15.2. The number of hydrogen-bond donors (Lipinski definition) is 1. The Kier molecular flexibility index (Phi) is 5.21. The predicted octanol–water partition coefficient (Wildman–Crippen LogP) is 3.05. The lowest BCUT2D eigenvalue weighted by Crippen LogP contribution is -2.43. The Hall–Kier alpha value is -0.340. The van der Waals surface area contributed by atoms with E-state index in [-0.39, 0.29) is 5.54 Å². The number of rotatable bonds is 4. The van der Waals surface area contributed by atoms with E-state index in [9.17, 15) is 0 Å². The van der Waals surface area contributed by atoms with Crippen molar-refractivity contribution in [3.05, 3.63) is 12.2 Å². The average Bonchev–Trinajstić information content (AvgIpc) is 2.18. The molecule has 2 nitrogen and oxygen atoms in total. The van der Waals surface area contributed by atoms with Gasteiger partial charge in [0.15, 0.2) is 0 Å². The summed E-state index contributed by atoms with van der Waals surface area (Å²) in [6.07, 6.45) is 2.67. The first-order valence-electron chi connectivity index (χ1n) is 6.93. The standard InChI is InChI=1S/C15H30N2/c1-12-7-8-17(14(3)9-12)11-13(2)10-16-15(4,5)6/h12,14,16H,2,7-11H2,1,3-6H3. The molecule has 1 aliphatic rings. The molecule has 17 heavy (non-hydrogen) atoms. The monoisotopic (exact) mass is 238 g/mol. The van der Waals surface area contributed by atoms with Crippen LogP contribution >= 0.6 is 0 Å². The Morgan fingerprint density at radius 2 is 2.00 bits per heavy atom. The Balaban J connectivity index is 2.31. The topological polar surface area (TPSA) is 15.3 Å². The van der Waals surface area contributed by atoms with E-state index in [0.717, 1.165) is 19.0 Å². The van der Waals surface area contributed by atoms with Crippen molar-refractivity contribution in [1.82, 2.24) is 10.2 Å². The normalized spacial score (nSPS) is 27.1. The highest BCUT2D eigenvalue weighted by molar-refractivity contribution is 5.02. The molecule has 1 fully saturated rings. The highest BCUT2D eigenvalue weighted by Crippen LogP contribution is 2.22. The zero-order valence-corrected chi connectivity index (χ0v) is 12.3. The first-order valence-corrected chi connectivity index (χ1v) is 6.93. The van der Waals surface area contributed by atoms with Crippen molar-refractivity contribution in [2.75, 3.05) is 19.6 Å². The number of nitrogens with zero attached hydrogens (tertiary/aromatic N) is 1. The fraction of sp³-hybridized carbons (Fsp3) is 0.867. The van der Waals surface area contributed by atoms with E-state index in [1.807, 2.05) is 0 Å². The molecule has 2 heteroatoms. The van der Waals surface area contributed by atoms with E-state index < -0.39 is 0 Å². The third-order valence-corrected chi connectivity index (χ3v) is 3.57. The van der Waals surface area contributed by atoms with E-state index in [4.69, 9.17) is 0 Å². The van der Waals surface area contributed by atoms with Crippen molar-refractivity contribution in [2.24, 2.45) is 5.92 Å². The van der Waals surface area contributed by atoms with Crippen LogP contribution in [0, 0.1) is 5.92 Å². The summed E-state index contributed by atoms with van der Waals surface area (Å²) in [6, 6.07) is 0.713. The van der Waals surface area contributed by atoms with Gasteiger partial charge in [0.05, 0.1) is 0 Å². The Bertz CT molecular complexity index is 252.